The summed E-state index contributed by atoms with van der Waals surface area (Å²) in [7, 11) is 1.36. The molecule has 1 aromatic rings. The Balaban J connectivity index is 1.64. The zero-order chi connectivity index (χ0) is 26.6. The van der Waals surface area contributed by atoms with Gasteiger partial charge in [0.1, 0.15) is 55.9 Å². The van der Waals surface area contributed by atoms with Crippen molar-refractivity contribution in [2.45, 2.75) is 54.8 Å². The normalized spacial score (nSPS) is 36.8. The van der Waals surface area contributed by atoms with Crippen molar-refractivity contribution in [1.82, 2.24) is 0 Å². The highest BCUT2D eigenvalue weighted by atomic mass is 16.8. The Morgan fingerprint density at radius 1 is 1.06 bits per heavy atom. The molecule has 2 heterocycles. The minimum atomic E-state index is -2.32. The van der Waals surface area contributed by atoms with E-state index in [0.29, 0.717) is 5.56 Å². The van der Waals surface area contributed by atoms with Crippen molar-refractivity contribution >= 4 is 12.0 Å². The van der Waals surface area contributed by atoms with Gasteiger partial charge in [0, 0.05) is 6.08 Å². The maximum absolute atomic E-state index is 12.1. The Morgan fingerprint density at radius 3 is 2.39 bits per heavy atom. The third-order valence-corrected chi connectivity index (χ3v) is 5.90. The fraction of sp³-hybridized carbons (Fsp3) is 0.591. The summed E-state index contributed by atoms with van der Waals surface area (Å²) in [5.41, 5.74) is 0.510. The lowest BCUT2D eigenvalue weighted by Gasteiger charge is -2.43. The lowest BCUT2D eigenvalue weighted by Crippen LogP contribution is -2.62. The second-order valence-electron chi connectivity index (χ2n) is 8.27. The van der Waals surface area contributed by atoms with E-state index in [1.54, 1.807) is 0 Å². The predicted molar refractivity (Wildman–Crippen MR) is 116 cm³/mol. The van der Waals surface area contributed by atoms with Crippen molar-refractivity contribution in [3.05, 3.63) is 29.8 Å². The van der Waals surface area contributed by atoms with Crippen molar-refractivity contribution in [1.29, 1.82) is 0 Å². The molecule has 36 heavy (non-hydrogen) atoms. The summed E-state index contributed by atoms with van der Waals surface area (Å²) >= 11 is 0. The number of esters is 1. The van der Waals surface area contributed by atoms with Crippen molar-refractivity contribution in [3.8, 4) is 11.5 Å². The Morgan fingerprint density at radius 2 is 1.78 bits per heavy atom. The molecule has 0 amide bonds. The minimum absolute atomic E-state index is 0.0851. The first-order valence-corrected chi connectivity index (χ1v) is 10.9. The molecule has 14 heteroatoms. The molecule has 9 atom stereocenters. The van der Waals surface area contributed by atoms with Crippen molar-refractivity contribution in [2.75, 3.05) is 26.9 Å². The molecule has 0 spiro atoms. The molecule has 3 rings (SSSR count). The van der Waals surface area contributed by atoms with E-state index in [1.807, 2.05) is 0 Å². The maximum Gasteiger partial charge on any atom is 0.330 e. The van der Waals surface area contributed by atoms with E-state index in [2.05, 4.69) is 0 Å². The first kappa shape index (κ1) is 28.2. The highest BCUT2D eigenvalue weighted by Gasteiger charge is 2.58. The van der Waals surface area contributed by atoms with E-state index in [0.717, 1.165) is 6.08 Å². The van der Waals surface area contributed by atoms with Gasteiger partial charge in [-0.3, -0.25) is 0 Å². The molecule has 0 radical (unpaired) electrons. The number of carbonyl (C=O) groups is 1. The fourth-order valence-corrected chi connectivity index (χ4v) is 3.79. The van der Waals surface area contributed by atoms with Crippen LogP contribution >= 0.6 is 0 Å². The molecule has 0 aliphatic carbocycles. The van der Waals surface area contributed by atoms with Crippen LogP contribution in [0.4, 0.5) is 0 Å². The molecule has 2 saturated heterocycles. The topological polar surface area (TPSA) is 225 Å². The lowest BCUT2D eigenvalue weighted by atomic mass is 9.99. The molecular weight excluding hydrogens is 488 g/mol. The molecule has 0 unspecified atom stereocenters. The average molecular weight is 518 g/mol. The number of carbonyl (C=O) groups excluding carboxylic acids is 1. The molecule has 0 saturated carbocycles. The van der Waals surface area contributed by atoms with Gasteiger partial charge in [0.25, 0.3) is 0 Å². The first-order valence-electron chi connectivity index (χ1n) is 10.9. The largest absolute Gasteiger partial charge is 0.504 e. The Bertz CT molecular complexity index is 924. The van der Waals surface area contributed by atoms with E-state index >= 15 is 0 Å². The quantitative estimate of drug-likeness (QED) is 0.118. The standard InChI is InChI=1S/C22H30O14/c1-32-12-6-10(2-4-11(12)25)3-5-15(26)33-8-14-16(27)18(29)19(30)21(34-14)36-22(9-24)20(31)17(28)13(7-23)35-22/h2-6,13-14,16-21,23-25,27-31H,7-9H2,1H3/b5-3+/t13-,14+,16+,17+,18-,19-,20+,21-,22+/m0/s1. The van der Waals surface area contributed by atoms with Gasteiger partial charge in [-0.1, -0.05) is 6.07 Å². The zero-order valence-electron chi connectivity index (χ0n) is 19.2. The van der Waals surface area contributed by atoms with Gasteiger partial charge >= 0.3 is 5.97 Å². The third-order valence-electron chi connectivity index (χ3n) is 5.90. The number of benzene rings is 1. The highest BCUT2D eigenvalue weighted by molar-refractivity contribution is 5.87. The molecule has 2 aliphatic heterocycles. The van der Waals surface area contributed by atoms with Gasteiger partial charge in [0.05, 0.1) is 13.7 Å². The highest BCUT2D eigenvalue weighted by Crippen LogP contribution is 2.36. The summed E-state index contributed by atoms with van der Waals surface area (Å²) in [4.78, 5) is 12.1. The number of aromatic hydroxyl groups is 1. The fourth-order valence-electron chi connectivity index (χ4n) is 3.79. The van der Waals surface area contributed by atoms with Crippen LogP contribution in [-0.2, 0) is 23.7 Å². The minimum Gasteiger partial charge on any atom is -0.504 e. The van der Waals surface area contributed by atoms with E-state index in [1.165, 1.54) is 31.4 Å². The number of aliphatic hydroxyl groups is 7. The van der Waals surface area contributed by atoms with Gasteiger partial charge in [-0.2, -0.15) is 0 Å². The molecule has 2 aliphatic rings. The van der Waals surface area contributed by atoms with Gasteiger partial charge in [-0.15, -0.1) is 0 Å². The summed E-state index contributed by atoms with van der Waals surface area (Å²) in [6.07, 6.45) is -11.1. The SMILES string of the molecule is COc1cc(/C=C/C(=O)OC[C@H]2O[C@@H](O[C@@]3(CO)O[C@@H](CO)[C@@H](O)[C@H]3O)[C@@H](O)[C@@H](O)[C@@H]2O)ccc1O. The lowest BCUT2D eigenvalue weighted by molar-refractivity contribution is -0.383. The van der Waals surface area contributed by atoms with E-state index in [4.69, 9.17) is 23.7 Å². The number of phenolic OH excluding ortho intramolecular Hbond substituents is 1. The van der Waals surface area contributed by atoms with E-state index < -0.39 is 80.6 Å². The number of methoxy groups -OCH3 is 1. The van der Waals surface area contributed by atoms with E-state index in [9.17, 15) is 45.6 Å². The number of hydrogen-bond acceptors (Lipinski definition) is 14. The van der Waals surface area contributed by atoms with Crippen LogP contribution in [0.5, 0.6) is 11.5 Å². The summed E-state index contributed by atoms with van der Waals surface area (Å²) in [5, 5.41) is 79.6. The van der Waals surface area contributed by atoms with Crippen LogP contribution < -0.4 is 4.74 Å². The van der Waals surface area contributed by atoms with Crippen LogP contribution in [-0.4, -0.2) is 129 Å². The molecular formula is C22H30O14. The number of rotatable bonds is 9. The monoisotopic (exact) mass is 518 g/mol. The van der Waals surface area contributed by atoms with Crippen LogP contribution in [0.1, 0.15) is 5.56 Å². The Hall–Kier alpha value is -2.37. The second-order valence-corrected chi connectivity index (χ2v) is 8.27. The molecule has 8 N–H and O–H groups in total. The van der Waals surface area contributed by atoms with Gasteiger partial charge in [-0.25, -0.2) is 4.79 Å². The second kappa shape index (κ2) is 11.8. The van der Waals surface area contributed by atoms with Gasteiger partial charge in [-0.05, 0) is 23.8 Å². The molecule has 1 aromatic carbocycles. The zero-order valence-corrected chi connectivity index (χ0v) is 19.2. The molecule has 14 nitrogen and oxygen atoms in total. The number of ether oxygens (including phenoxy) is 5. The number of hydrogen-bond donors (Lipinski definition) is 8. The van der Waals surface area contributed by atoms with Crippen LogP contribution in [0, 0.1) is 0 Å². The summed E-state index contributed by atoms with van der Waals surface area (Å²) in [6, 6.07) is 4.36. The molecule has 2 fully saturated rings. The number of phenols is 1. The summed E-state index contributed by atoms with van der Waals surface area (Å²) < 4.78 is 26.0. The molecule has 0 bridgehead atoms. The summed E-state index contributed by atoms with van der Waals surface area (Å²) in [5.74, 6) is -3.07. The smallest absolute Gasteiger partial charge is 0.330 e. The van der Waals surface area contributed by atoms with Crippen LogP contribution in [0.2, 0.25) is 0 Å². The van der Waals surface area contributed by atoms with Gasteiger partial charge in [0.15, 0.2) is 17.8 Å². The van der Waals surface area contributed by atoms with Crippen molar-refractivity contribution < 1.29 is 69.3 Å². The van der Waals surface area contributed by atoms with Gasteiger partial charge in [0.2, 0.25) is 5.79 Å². The Labute approximate surface area is 205 Å². The molecule has 0 aromatic heterocycles. The van der Waals surface area contributed by atoms with Crippen LogP contribution in [0.15, 0.2) is 24.3 Å². The predicted octanol–water partition coefficient (Wildman–Crippen LogP) is -3.42. The first-order chi connectivity index (χ1) is 17.1. The van der Waals surface area contributed by atoms with Crippen molar-refractivity contribution in [3.63, 3.8) is 0 Å². The average Bonchev–Trinajstić information content (AvgIpc) is 3.12. The Kier molecular flexibility index (Phi) is 9.23. The summed E-state index contributed by atoms with van der Waals surface area (Å²) in [6.45, 7) is -2.34. The maximum atomic E-state index is 12.1. The van der Waals surface area contributed by atoms with Crippen molar-refractivity contribution in [2.24, 2.45) is 0 Å². The number of aliphatic hydroxyl groups excluding tert-OH is 7. The van der Waals surface area contributed by atoms with Crippen LogP contribution in [0.25, 0.3) is 6.08 Å². The third kappa shape index (κ3) is 5.78. The van der Waals surface area contributed by atoms with E-state index in [-0.39, 0.29) is 11.5 Å². The molecule has 202 valence electrons. The van der Waals surface area contributed by atoms with Crippen LogP contribution in [0.3, 0.4) is 0 Å². The van der Waals surface area contributed by atoms with Gasteiger partial charge < -0.3 is 64.5 Å².